The minimum Gasteiger partial charge on any atom is -0.346 e. The molecule has 0 saturated carbocycles. The number of alkyl halides is 2. The van der Waals surface area contributed by atoms with Crippen LogP contribution in [0.2, 0.25) is 5.02 Å². The van der Waals surface area contributed by atoms with Crippen molar-refractivity contribution in [3.8, 4) is 0 Å². The maximum atomic E-state index is 11.7. The maximum Gasteiger partial charge on any atom is 0.255 e. The number of nitrogens with zero attached hydrogens (tertiary/aromatic N) is 1. The minimum atomic E-state index is -2.56. The summed E-state index contributed by atoms with van der Waals surface area (Å²) in [6.45, 7) is -0.675. The van der Waals surface area contributed by atoms with E-state index in [0.717, 1.165) is 0 Å². The van der Waals surface area contributed by atoms with Gasteiger partial charge in [-0.3, -0.25) is 9.78 Å². The first-order valence-corrected chi connectivity index (χ1v) is 4.14. The molecular formula is C8H7ClF2N2O. The highest BCUT2D eigenvalue weighted by atomic mass is 35.5. The lowest BCUT2D eigenvalue weighted by Crippen LogP contribution is -2.28. The van der Waals surface area contributed by atoms with Crippen molar-refractivity contribution < 1.29 is 13.6 Å². The van der Waals surface area contributed by atoms with Gasteiger partial charge in [0.25, 0.3) is 12.3 Å². The SMILES string of the molecule is O=C(NCC(F)F)c1cncc(Cl)c1. The second-order valence-corrected chi connectivity index (χ2v) is 2.93. The van der Waals surface area contributed by atoms with Crippen LogP contribution in [0.15, 0.2) is 18.5 Å². The first-order chi connectivity index (χ1) is 6.59. The van der Waals surface area contributed by atoms with Gasteiger partial charge in [0.1, 0.15) is 0 Å². The molecule has 6 heteroatoms. The van der Waals surface area contributed by atoms with E-state index < -0.39 is 18.9 Å². The fourth-order valence-electron chi connectivity index (χ4n) is 0.808. The van der Waals surface area contributed by atoms with Gasteiger partial charge in [-0.1, -0.05) is 11.6 Å². The van der Waals surface area contributed by atoms with E-state index in [-0.39, 0.29) is 10.6 Å². The van der Waals surface area contributed by atoms with Gasteiger partial charge in [-0.25, -0.2) is 8.78 Å². The number of pyridine rings is 1. The number of rotatable bonds is 3. The van der Waals surface area contributed by atoms with Crippen LogP contribution >= 0.6 is 11.6 Å². The van der Waals surface area contributed by atoms with Crippen molar-refractivity contribution in [3.63, 3.8) is 0 Å². The van der Waals surface area contributed by atoms with E-state index in [2.05, 4.69) is 4.98 Å². The molecule has 0 aliphatic heterocycles. The number of carbonyl (C=O) groups is 1. The molecule has 0 radical (unpaired) electrons. The molecule has 0 bridgehead atoms. The summed E-state index contributed by atoms with van der Waals surface area (Å²) in [5, 5.41) is 2.32. The molecule has 0 fully saturated rings. The third kappa shape index (κ3) is 3.26. The second kappa shape index (κ2) is 4.85. The number of halogens is 3. The van der Waals surface area contributed by atoms with Crippen molar-refractivity contribution in [1.82, 2.24) is 10.3 Å². The van der Waals surface area contributed by atoms with Crippen LogP contribution in [0, 0.1) is 0 Å². The van der Waals surface area contributed by atoms with Crippen LogP contribution < -0.4 is 5.32 Å². The zero-order valence-corrected chi connectivity index (χ0v) is 7.76. The van der Waals surface area contributed by atoms with Crippen molar-refractivity contribution in [2.75, 3.05) is 6.54 Å². The number of aromatic nitrogens is 1. The molecule has 1 rings (SSSR count). The Morgan fingerprint density at radius 3 is 2.86 bits per heavy atom. The summed E-state index contributed by atoms with van der Waals surface area (Å²) in [4.78, 5) is 14.8. The molecule has 1 aromatic rings. The molecule has 1 amide bonds. The first kappa shape index (κ1) is 10.8. The van der Waals surface area contributed by atoms with Gasteiger partial charge in [0, 0.05) is 12.4 Å². The predicted molar refractivity (Wildman–Crippen MR) is 47.6 cm³/mol. The third-order valence-electron chi connectivity index (χ3n) is 1.38. The minimum absolute atomic E-state index is 0.165. The molecule has 1 aromatic heterocycles. The Morgan fingerprint density at radius 1 is 1.57 bits per heavy atom. The fraction of sp³-hybridized carbons (Fsp3) is 0.250. The summed E-state index contributed by atoms with van der Waals surface area (Å²) in [7, 11) is 0. The monoisotopic (exact) mass is 220 g/mol. The van der Waals surface area contributed by atoms with E-state index in [1.165, 1.54) is 18.5 Å². The quantitative estimate of drug-likeness (QED) is 0.843. The lowest BCUT2D eigenvalue weighted by molar-refractivity contribution is 0.0891. The van der Waals surface area contributed by atoms with Crippen LogP contribution in [-0.4, -0.2) is 23.9 Å². The molecule has 76 valence electrons. The van der Waals surface area contributed by atoms with E-state index in [4.69, 9.17) is 11.6 Å². The second-order valence-electron chi connectivity index (χ2n) is 2.49. The zero-order chi connectivity index (χ0) is 10.6. The van der Waals surface area contributed by atoms with Crippen molar-refractivity contribution in [1.29, 1.82) is 0 Å². The summed E-state index contributed by atoms with van der Waals surface area (Å²) >= 11 is 5.56. The lowest BCUT2D eigenvalue weighted by atomic mass is 10.3. The van der Waals surface area contributed by atoms with Crippen LogP contribution in [0.1, 0.15) is 10.4 Å². The van der Waals surface area contributed by atoms with Gasteiger partial charge >= 0.3 is 0 Å². The topological polar surface area (TPSA) is 42.0 Å². The van der Waals surface area contributed by atoms with Crippen molar-refractivity contribution in [2.45, 2.75) is 6.43 Å². The molecule has 0 aliphatic rings. The first-order valence-electron chi connectivity index (χ1n) is 3.76. The van der Waals surface area contributed by atoms with E-state index >= 15 is 0 Å². The molecule has 0 unspecified atom stereocenters. The number of amides is 1. The smallest absolute Gasteiger partial charge is 0.255 e. The molecule has 1 heterocycles. The fourth-order valence-corrected chi connectivity index (χ4v) is 0.982. The highest BCUT2D eigenvalue weighted by molar-refractivity contribution is 6.30. The Bertz CT molecular complexity index is 333. The number of hydrogen-bond acceptors (Lipinski definition) is 2. The molecule has 3 nitrogen and oxygen atoms in total. The average molecular weight is 221 g/mol. The molecular weight excluding hydrogens is 214 g/mol. The van der Waals surface area contributed by atoms with Gasteiger partial charge in [-0.15, -0.1) is 0 Å². The Hall–Kier alpha value is -1.23. The molecule has 0 saturated heterocycles. The Labute approximate surface area is 84.1 Å². The summed E-state index contributed by atoms with van der Waals surface area (Å²) in [5.41, 5.74) is 0.165. The van der Waals surface area contributed by atoms with Crippen LogP contribution in [0.5, 0.6) is 0 Å². The van der Waals surface area contributed by atoms with Crippen LogP contribution in [0.25, 0.3) is 0 Å². The maximum absolute atomic E-state index is 11.7. The highest BCUT2D eigenvalue weighted by Crippen LogP contribution is 2.08. The Balaban J connectivity index is 2.61. The number of nitrogens with one attached hydrogen (secondary N) is 1. The largest absolute Gasteiger partial charge is 0.346 e. The van der Waals surface area contributed by atoms with Crippen LogP contribution in [-0.2, 0) is 0 Å². The van der Waals surface area contributed by atoms with Crippen molar-refractivity contribution in [2.24, 2.45) is 0 Å². The Kier molecular flexibility index (Phi) is 3.76. The molecule has 1 N–H and O–H groups in total. The van der Waals surface area contributed by atoms with Gasteiger partial charge in [-0.2, -0.15) is 0 Å². The molecule has 0 atom stereocenters. The van der Waals surface area contributed by atoms with Crippen molar-refractivity contribution in [3.05, 3.63) is 29.0 Å². The summed E-state index contributed by atoms with van der Waals surface area (Å²) in [6.07, 6.45) is 0.0455. The highest BCUT2D eigenvalue weighted by Gasteiger charge is 2.09. The van der Waals surface area contributed by atoms with E-state index in [1.54, 1.807) is 0 Å². The molecule has 0 spiro atoms. The van der Waals surface area contributed by atoms with Crippen LogP contribution in [0.4, 0.5) is 8.78 Å². The number of hydrogen-bond donors (Lipinski definition) is 1. The zero-order valence-electron chi connectivity index (χ0n) is 7.01. The summed E-state index contributed by atoms with van der Waals surface area (Å²) in [6, 6.07) is 1.36. The van der Waals surface area contributed by atoms with Crippen LogP contribution in [0.3, 0.4) is 0 Å². The van der Waals surface area contributed by atoms with Gasteiger partial charge < -0.3 is 5.32 Å². The molecule has 0 aromatic carbocycles. The average Bonchev–Trinajstić information content (AvgIpc) is 2.14. The Morgan fingerprint density at radius 2 is 2.29 bits per heavy atom. The van der Waals surface area contributed by atoms with Gasteiger partial charge in [0.2, 0.25) is 0 Å². The predicted octanol–water partition coefficient (Wildman–Crippen LogP) is 1.73. The molecule has 14 heavy (non-hydrogen) atoms. The van der Waals surface area contributed by atoms with E-state index in [1.807, 2.05) is 5.32 Å². The normalized spacial score (nSPS) is 10.3. The van der Waals surface area contributed by atoms with Gasteiger partial charge in [0.05, 0.1) is 17.1 Å². The lowest BCUT2D eigenvalue weighted by Gasteiger charge is -2.03. The van der Waals surface area contributed by atoms with E-state index in [0.29, 0.717) is 0 Å². The third-order valence-corrected chi connectivity index (χ3v) is 1.59. The van der Waals surface area contributed by atoms with E-state index in [9.17, 15) is 13.6 Å². The van der Waals surface area contributed by atoms with Gasteiger partial charge in [-0.05, 0) is 6.07 Å². The number of carbonyl (C=O) groups excluding carboxylic acids is 1. The van der Waals surface area contributed by atoms with Gasteiger partial charge in [0.15, 0.2) is 0 Å². The van der Waals surface area contributed by atoms with Crippen molar-refractivity contribution >= 4 is 17.5 Å². The standard InChI is InChI=1S/C8H7ClF2N2O/c9-6-1-5(2-12-3-6)8(14)13-4-7(10)11/h1-3,7H,4H2,(H,13,14). The summed E-state index contributed by atoms with van der Waals surface area (Å²) < 4.78 is 23.5. The molecule has 0 aliphatic carbocycles. The summed E-state index contributed by atoms with van der Waals surface area (Å²) in [5.74, 6) is -0.611.